The molecule has 2 aliphatic rings. The number of nitrogens with one attached hydrogen (secondary N) is 1. The monoisotopic (exact) mass is 461 g/mol. The Morgan fingerprint density at radius 2 is 1.83 bits per heavy atom. The third kappa shape index (κ3) is 4.30. The number of piperazine rings is 1. The number of sulfonamides is 1. The Balaban J connectivity index is 0.00000256. The summed E-state index contributed by atoms with van der Waals surface area (Å²) in [6.45, 7) is 4.89. The molecule has 0 bridgehead atoms. The predicted molar refractivity (Wildman–Crippen MR) is 111 cm³/mol. The van der Waals surface area contributed by atoms with Crippen LogP contribution in [0.3, 0.4) is 0 Å². The van der Waals surface area contributed by atoms with E-state index in [0.717, 1.165) is 48.6 Å². The highest BCUT2D eigenvalue weighted by atomic mass is 35.5. The second-order valence-electron chi connectivity index (χ2n) is 7.51. The largest absolute Gasteiger partial charge is 0.416 e. The summed E-state index contributed by atoms with van der Waals surface area (Å²) in [5.41, 5.74) is 1.85. The predicted octanol–water partition coefficient (Wildman–Crippen LogP) is 3.63. The van der Waals surface area contributed by atoms with E-state index in [4.69, 9.17) is 0 Å². The lowest BCUT2D eigenvalue weighted by atomic mass is 10.1. The summed E-state index contributed by atoms with van der Waals surface area (Å²) in [7, 11) is -4.04. The number of rotatable bonds is 3. The van der Waals surface area contributed by atoms with Crippen molar-refractivity contribution in [1.29, 1.82) is 0 Å². The van der Waals surface area contributed by atoms with Gasteiger partial charge in [0.2, 0.25) is 10.0 Å². The molecule has 2 aliphatic heterocycles. The standard InChI is InChI=1S/C20H22F3N3O2S.ClH/c1-14-11-25(9-8-24-14)19-7-2-4-15-12-26(13-18(15)19)29(27,28)17-6-3-5-16(10-17)20(21,22)23;/h2-7,10,14,24H,8-9,11-13H2,1H3;1H. The molecule has 0 amide bonds. The van der Waals surface area contributed by atoms with Crippen LogP contribution in [0.25, 0.3) is 0 Å². The number of nitrogens with zero attached hydrogens (tertiary/aromatic N) is 2. The van der Waals surface area contributed by atoms with Crippen molar-refractivity contribution in [2.75, 3.05) is 24.5 Å². The second-order valence-corrected chi connectivity index (χ2v) is 9.45. The van der Waals surface area contributed by atoms with Crippen LogP contribution in [0.4, 0.5) is 18.9 Å². The molecular formula is C20H23ClF3N3O2S. The van der Waals surface area contributed by atoms with Crippen LogP contribution in [0.2, 0.25) is 0 Å². The van der Waals surface area contributed by atoms with E-state index in [1.807, 2.05) is 18.2 Å². The summed E-state index contributed by atoms with van der Waals surface area (Å²) < 4.78 is 66.4. The number of hydrogen-bond acceptors (Lipinski definition) is 4. The van der Waals surface area contributed by atoms with Crippen LogP contribution in [0, 0.1) is 0 Å². The first-order chi connectivity index (χ1) is 13.7. The summed E-state index contributed by atoms with van der Waals surface area (Å²) >= 11 is 0. The zero-order valence-electron chi connectivity index (χ0n) is 16.3. The molecule has 0 saturated carbocycles. The van der Waals surface area contributed by atoms with Crippen LogP contribution in [0.1, 0.15) is 23.6 Å². The third-order valence-corrected chi connectivity index (χ3v) is 7.23. The van der Waals surface area contributed by atoms with E-state index in [2.05, 4.69) is 17.1 Å². The molecule has 2 aromatic carbocycles. The smallest absolute Gasteiger partial charge is 0.368 e. The van der Waals surface area contributed by atoms with E-state index in [0.29, 0.717) is 12.1 Å². The Morgan fingerprint density at radius 1 is 1.10 bits per heavy atom. The summed E-state index contributed by atoms with van der Waals surface area (Å²) in [5.74, 6) is 0. The van der Waals surface area contributed by atoms with E-state index in [-0.39, 0.29) is 30.4 Å². The Bertz CT molecular complexity index is 1030. The van der Waals surface area contributed by atoms with E-state index < -0.39 is 21.8 Å². The third-order valence-electron chi connectivity index (χ3n) is 5.44. The Morgan fingerprint density at radius 3 is 2.53 bits per heavy atom. The SMILES string of the molecule is CC1CN(c2cccc3c2CN(S(=O)(=O)c2cccc(C(F)(F)F)c2)C3)CCN1.Cl. The number of fused-ring (bicyclic) bond motifs is 1. The molecule has 4 rings (SSSR count). The highest BCUT2D eigenvalue weighted by Crippen LogP contribution is 2.36. The van der Waals surface area contributed by atoms with Gasteiger partial charge < -0.3 is 10.2 Å². The highest BCUT2D eigenvalue weighted by molar-refractivity contribution is 7.89. The van der Waals surface area contributed by atoms with Crippen LogP contribution < -0.4 is 10.2 Å². The lowest BCUT2D eigenvalue weighted by molar-refractivity contribution is -0.137. The van der Waals surface area contributed by atoms with Crippen molar-refractivity contribution >= 4 is 28.1 Å². The van der Waals surface area contributed by atoms with E-state index in [1.54, 1.807) is 0 Å². The summed E-state index contributed by atoms with van der Waals surface area (Å²) in [4.78, 5) is 1.90. The average Bonchev–Trinajstić information content (AvgIpc) is 3.12. The number of alkyl halides is 3. The maximum absolute atomic E-state index is 13.1. The Labute approximate surface area is 180 Å². The molecule has 1 N–H and O–H groups in total. The molecule has 5 nitrogen and oxygen atoms in total. The molecular weight excluding hydrogens is 439 g/mol. The lowest BCUT2D eigenvalue weighted by Crippen LogP contribution is -2.49. The number of anilines is 1. The fourth-order valence-corrected chi connectivity index (χ4v) is 5.41. The first-order valence-electron chi connectivity index (χ1n) is 9.43. The van der Waals surface area contributed by atoms with Crippen molar-refractivity contribution in [3.8, 4) is 0 Å². The maximum atomic E-state index is 13.1. The van der Waals surface area contributed by atoms with Gasteiger partial charge in [-0.3, -0.25) is 0 Å². The minimum atomic E-state index is -4.59. The highest BCUT2D eigenvalue weighted by Gasteiger charge is 2.36. The van der Waals surface area contributed by atoms with E-state index in [9.17, 15) is 21.6 Å². The van der Waals surface area contributed by atoms with Crippen LogP contribution in [-0.4, -0.2) is 38.4 Å². The topological polar surface area (TPSA) is 52.7 Å². The molecule has 0 aliphatic carbocycles. The number of halogens is 4. The Kier molecular flexibility index (Phi) is 6.38. The minimum absolute atomic E-state index is 0. The summed E-state index contributed by atoms with van der Waals surface area (Å²) in [5, 5.41) is 3.38. The van der Waals surface area contributed by atoms with Gasteiger partial charge in [-0.25, -0.2) is 8.42 Å². The molecule has 2 aromatic rings. The van der Waals surface area contributed by atoms with Crippen molar-refractivity contribution in [1.82, 2.24) is 9.62 Å². The fourth-order valence-electron chi connectivity index (χ4n) is 3.97. The normalized spacial score (nSPS) is 20.0. The van der Waals surface area contributed by atoms with Crippen molar-refractivity contribution in [2.45, 2.75) is 37.1 Å². The van der Waals surface area contributed by atoms with Crippen LogP contribution in [-0.2, 0) is 29.3 Å². The first kappa shape index (κ1) is 22.9. The van der Waals surface area contributed by atoms with Gasteiger partial charge in [-0.05, 0) is 42.3 Å². The quantitative estimate of drug-likeness (QED) is 0.758. The van der Waals surface area contributed by atoms with Crippen molar-refractivity contribution in [3.63, 3.8) is 0 Å². The van der Waals surface area contributed by atoms with Gasteiger partial charge in [0.25, 0.3) is 0 Å². The molecule has 1 atom stereocenters. The first-order valence-corrected chi connectivity index (χ1v) is 10.9. The van der Waals surface area contributed by atoms with Crippen molar-refractivity contribution in [2.24, 2.45) is 0 Å². The molecule has 10 heteroatoms. The fraction of sp³-hybridized carbons (Fsp3) is 0.400. The second kappa shape index (κ2) is 8.37. The van der Waals surface area contributed by atoms with Crippen LogP contribution in [0.5, 0.6) is 0 Å². The average molecular weight is 462 g/mol. The Hall–Kier alpha value is -1.81. The van der Waals surface area contributed by atoms with Crippen LogP contribution in [0.15, 0.2) is 47.4 Å². The molecule has 0 aromatic heterocycles. The van der Waals surface area contributed by atoms with Gasteiger partial charge >= 0.3 is 6.18 Å². The molecule has 0 radical (unpaired) electrons. The number of hydrogen-bond donors (Lipinski definition) is 1. The van der Waals surface area contributed by atoms with Crippen LogP contribution >= 0.6 is 12.4 Å². The molecule has 1 fully saturated rings. The molecule has 1 unspecified atom stereocenters. The summed E-state index contributed by atoms with van der Waals surface area (Å²) in [6, 6.07) is 10.0. The molecule has 0 spiro atoms. The van der Waals surface area contributed by atoms with Gasteiger partial charge in [0.15, 0.2) is 0 Å². The molecule has 2 heterocycles. The van der Waals surface area contributed by atoms with Gasteiger partial charge in [0.1, 0.15) is 0 Å². The van der Waals surface area contributed by atoms with Gasteiger partial charge in [-0.2, -0.15) is 17.5 Å². The van der Waals surface area contributed by atoms with E-state index in [1.165, 1.54) is 10.4 Å². The van der Waals surface area contributed by atoms with Gasteiger partial charge in [-0.15, -0.1) is 12.4 Å². The molecule has 164 valence electrons. The van der Waals surface area contributed by atoms with Gasteiger partial charge in [0, 0.05) is 44.5 Å². The number of benzene rings is 2. The van der Waals surface area contributed by atoms with E-state index >= 15 is 0 Å². The van der Waals surface area contributed by atoms with Gasteiger partial charge in [-0.1, -0.05) is 18.2 Å². The van der Waals surface area contributed by atoms with Crippen molar-refractivity contribution in [3.05, 3.63) is 59.2 Å². The zero-order valence-corrected chi connectivity index (χ0v) is 17.9. The van der Waals surface area contributed by atoms with Gasteiger partial charge in [0.05, 0.1) is 10.5 Å². The molecule has 30 heavy (non-hydrogen) atoms. The van der Waals surface area contributed by atoms with Crippen molar-refractivity contribution < 1.29 is 21.6 Å². The molecule has 1 saturated heterocycles. The maximum Gasteiger partial charge on any atom is 0.416 e. The zero-order chi connectivity index (χ0) is 20.8. The summed E-state index contributed by atoms with van der Waals surface area (Å²) in [6.07, 6.45) is -4.59. The minimum Gasteiger partial charge on any atom is -0.368 e. The lowest BCUT2D eigenvalue weighted by Gasteiger charge is -2.34.